The second-order valence-corrected chi connectivity index (χ2v) is 18.3. The number of esters is 1. The number of Topliss-reactive ketones (excluding diaryl/α,β-unsaturated/α-hetero) is 1. The maximum absolute atomic E-state index is 13.4. The number of hydrogen-bond donors (Lipinski definition) is 1. The number of carboxylic acids is 1. The molecule has 1 N–H and O–H groups in total. The largest absolute Gasteiger partial charge is 0.481 e. The lowest BCUT2D eigenvalue weighted by Crippen LogP contribution is -2.66. The van der Waals surface area contributed by atoms with Gasteiger partial charge in [0.15, 0.2) is 0 Å². The van der Waals surface area contributed by atoms with Crippen LogP contribution in [-0.4, -0.2) is 29.4 Å². The Morgan fingerprint density at radius 2 is 1.55 bits per heavy atom. The molecule has 6 aliphatic rings. The van der Waals surface area contributed by atoms with Crippen molar-refractivity contribution in [2.75, 3.05) is 6.61 Å². The van der Waals surface area contributed by atoms with Gasteiger partial charge in [-0.2, -0.15) is 0 Å². The van der Waals surface area contributed by atoms with E-state index in [4.69, 9.17) is 4.74 Å². The normalized spacial score (nSPS) is 45.4. The lowest BCUT2D eigenvalue weighted by molar-refractivity contribution is -0.237. The molecule has 0 spiro atoms. The molecule has 5 heteroatoms. The number of carboxylic acid groups (broad SMARTS) is 1. The third-order valence-electron chi connectivity index (χ3n) is 16.2. The van der Waals surface area contributed by atoms with Crippen LogP contribution in [0.2, 0.25) is 0 Å². The van der Waals surface area contributed by atoms with Crippen LogP contribution < -0.4 is 0 Å². The number of rotatable bonds is 7. The Balaban J connectivity index is 1.26. The van der Waals surface area contributed by atoms with E-state index in [2.05, 4.69) is 48.1 Å². The second-order valence-electron chi connectivity index (χ2n) is 18.3. The molecular formula is C39H60O5. The van der Waals surface area contributed by atoms with E-state index in [1.165, 1.54) is 31.3 Å². The molecule has 5 nitrogen and oxygen atoms in total. The average Bonchev–Trinajstić information content (AvgIpc) is 3.55. The van der Waals surface area contributed by atoms with Gasteiger partial charge in [-0.3, -0.25) is 14.4 Å². The van der Waals surface area contributed by atoms with Crippen LogP contribution in [0.25, 0.3) is 0 Å². The van der Waals surface area contributed by atoms with E-state index in [-0.39, 0.29) is 45.9 Å². The van der Waals surface area contributed by atoms with Crippen LogP contribution in [0, 0.1) is 62.1 Å². The lowest BCUT2D eigenvalue weighted by Gasteiger charge is -2.72. The van der Waals surface area contributed by atoms with Crippen LogP contribution in [0.3, 0.4) is 0 Å². The Kier molecular flexibility index (Phi) is 7.85. The minimum Gasteiger partial charge on any atom is -0.481 e. The summed E-state index contributed by atoms with van der Waals surface area (Å²) >= 11 is 0. The highest BCUT2D eigenvalue weighted by Gasteiger charge is 2.71. The molecule has 6 saturated carbocycles. The van der Waals surface area contributed by atoms with Crippen LogP contribution in [0.5, 0.6) is 0 Å². The highest BCUT2D eigenvalue weighted by Crippen LogP contribution is 2.77. The molecule has 6 rings (SSSR count). The van der Waals surface area contributed by atoms with E-state index in [1.54, 1.807) is 0 Å². The zero-order valence-corrected chi connectivity index (χ0v) is 28.7. The molecule has 0 heterocycles. The van der Waals surface area contributed by atoms with Crippen molar-refractivity contribution in [3.8, 4) is 0 Å². The third kappa shape index (κ3) is 4.62. The maximum Gasteiger partial charge on any atom is 0.306 e. The number of allylic oxidation sites excluding steroid dienone is 1. The van der Waals surface area contributed by atoms with E-state index in [0.717, 1.165) is 64.2 Å². The number of fused-ring (bicyclic) bond motifs is 7. The summed E-state index contributed by atoms with van der Waals surface area (Å²) in [6.45, 7) is 19.5. The van der Waals surface area contributed by atoms with E-state index in [9.17, 15) is 19.5 Å². The second kappa shape index (κ2) is 10.7. The zero-order chi connectivity index (χ0) is 31.9. The molecule has 6 fully saturated rings. The maximum atomic E-state index is 13.4. The fraction of sp³-hybridized carbons (Fsp3) is 0.872. The Hall–Kier alpha value is -1.65. The van der Waals surface area contributed by atoms with Crippen LogP contribution in [0.15, 0.2) is 12.2 Å². The fourth-order valence-electron chi connectivity index (χ4n) is 13.8. The van der Waals surface area contributed by atoms with Gasteiger partial charge in [0.1, 0.15) is 5.78 Å². The number of carbonyl (C=O) groups is 3. The fourth-order valence-corrected chi connectivity index (χ4v) is 13.8. The van der Waals surface area contributed by atoms with Crippen molar-refractivity contribution in [3.05, 3.63) is 12.2 Å². The molecule has 0 aromatic carbocycles. The molecule has 44 heavy (non-hydrogen) atoms. The first kappa shape index (κ1) is 32.3. The summed E-state index contributed by atoms with van der Waals surface area (Å²) in [4.78, 5) is 38.2. The smallest absolute Gasteiger partial charge is 0.306 e. The summed E-state index contributed by atoms with van der Waals surface area (Å²) in [6, 6.07) is 0. The number of ether oxygens (including phenoxy) is 1. The van der Waals surface area contributed by atoms with Crippen molar-refractivity contribution < 1.29 is 24.2 Å². The predicted octanol–water partition coefficient (Wildman–Crippen LogP) is 9.18. The van der Waals surface area contributed by atoms with Crippen molar-refractivity contribution in [2.24, 2.45) is 62.1 Å². The number of carbonyl (C=O) groups excluding carboxylic acids is 2. The number of hydrogen-bond acceptors (Lipinski definition) is 4. The van der Waals surface area contributed by atoms with Gasteiger partial charge in [-0.05, 0) is 129 Å². The topological polar surface area (TPSA) is 80.7 Å². The predicted molar refractivity (Wildman–Crippen MR) is 173 cm³/mol. The monoisotopic (exact) mass is 608 g/mol. The van der Waals surface area contributed by atoms with Crippen molar-refractivity contribution in [1.29, 1.82) is 0 Å². The van der Waals surface area contributed by atoms with Gasteiger partial charge < -0.3 is 9.84 Å². The Morgan fingerprint density at radius 1 is 0.841 bits per heavy atom. The Bertz CT molecular complexity index is 1210. The molecule has 0 amide bonds. The number of aliphatic carboxylic acids is 1. The SMILES string of the molecule is C=C(C)[C@@H]1CC[C@]2(COC(=O)CC3(CC(=O)O)CCCC3)CC[C@]3(C)[C@H](CC[C@@H]4[C@@]5(C)CCC(=O)C(C)(C)[C@@H]5CC[C@]43C)[C@@H]12. The van der Waals surface area contributed by atoms with E-state index in [1.807, 2.05) is 0 Å². The first-order chi connectivity index (χ1) is 20.5. The van der Waals surface area contributed by atoms with Crippen LogP contribution >= 0.6 is 0 Å². The molecule has 9 atom stereocenters. The summed E-state index contributed by atoms with van der Waals surface area (Å²) in [5.74, 6) is 2.09. The molecule has 0 aromatic rings. The van der Waals surface area contributed by atoms with Gasteiger partial charge in [-0.15, -0.1) is 0 Å². The number of ketones is 1. The molecule has 6 aliphatic carbocycles. The highest BCUT2D eigenvalue weighted by molar-refractivity contribution is 5.85. The Morgan fingerprint density at radius 3 is 2.20 bits per heavy atom. The van der Waals surface area contributed by atoms with Gasteiger partial charge in [0.2, 0.25) is 0 Å². The zero-order valence-electron chi connectivity index (χ0n) is 28.7. The first-order valence-electron chi connectivity index (χ1n) is 18.1. The summed E-state index contributed by atoms with van der Waals surface area (Å²) in [5, 5.41) is 9.57. The van der Waals surface area contributed by atoms with Crippen LogP contribution in [-0.2, 0) is 19.1 Å². The van der Waals surface area contributed by atoms with Crippen molar-refractivity contribution >= 4 is 17.7 Å². The Labute approximate surface area is 266 Å². The van der Waals surface area contributed by atoms with Gasteiger partial charge in [-0.1, -0.05) is 59.6 Å². The van der Waals surface area contributed by atoms with Gasteiger partial charge in [0.25, 0.3) is 0 Å². The molecule has 0 aliphatic heterocycles. The van der Waals surface area contributed by atoms with E-state index < -0.39 is 11.4 Å². The molecule has 0 unspecified atom stereocenters. The molecule has 0 bridgehead atoms. The van der Waals surface area contributed by atoms with Crippen molar-refractivity contribution in [3.63, 3.8) is 0 Å². The van der Waals surface area contributed by atoms with Crippen molar-refractivity contribution in [2.45, 2.75) is 144 Å². The summed E-state index contributed by atoms with van der Waals surface area (Å²) in [5.41, 5.74) is 1.27. The summed E-state index contributed by atoms with van der Waals surface area (Å²) < 4.78 is 6.25. The van der Waals surface area contributed by atoms with Gasteiger partial charge in [0, 0.05) is 17.3 Å². The van der Waals surface area contributed by atoms with E-state index >= 15 is 0 Å². The third-order valence-corrected chi connectivity index (χ3v) is 16.2. The highest BCUT2D eigenvalue weighted by atomic mass is 16.5. The van der Waals surface area contributed by atoms with Crippen LogP contribution in [0.4, 0.5) is 0 Å². The summed E-state index contributed by atoms with van der Waals surface area (Å²) in [6.07, 6.45) is 15.0. The average molecular weight is 609 g/mol. The standard InChI is InChI=1S/C39H60O5/c1-25(2)26-12-19-39(24-44-32(43)23-38(22-31(41)42)15-8-9-16-38)21-20-36(6)27(33(26)39)10-11-29-35(5)17-14-30(40)34(3,4)28(35)13-18-37(29,36)7/h26-29,33H,1,8-24H2,2-7H3,(H,41,42)/t26-,27+,28-,29+,33+,35-,36+,37+,39+/m0/s1. The molecule has 0 saturated heterocycles. The van der Waals surface area contributed by atoms with Gasteiger partial charge in [0.05, 0.1) is 19.4 Å². The van der Waals surface area contributed by atoms with Gasteiger partial charge >= 0.3 is 11.9 Å². The van der Waals surface area contributed by atoms with E-state index in [0.29, 0.717) is 42.0 Å². The first-order valence-corrected chi connectivity index (χ1v) is 18.1. The lowest BCUT2D eigenvalue weighted by atomic mass is 9.32. The van der Waals surface area contributed by atoms with Crippen molar-refractivity contribution in [1.82, 2.24) is 0 Å². The summed E-state index contributed by atoms with van der Waals surface area (Å²) in [7, 11) is 0. The molecule has 0 aromatic heterocycles. The minimum atomic E-state index is -0.805. The van der Waals surface area contributed by atoms with Gasteiger partial charge in [-0.25, -0.2) is 0 Å². The van der Waals surface area contributed by atoms with Crippen LogP contribution in [0.1, 0.15) is 144 Å². The molecule has 0 radical (unpaired) electrons. The molecular weight excluding hydrogens is 548 g/mol. The quantitative estimate of drug-likeness (QED) is 0.230. The minimum absolute atomic E-state index is 0.0113. The molecule has 246 valence electrons.